The number of anilines is 1. The SMILES string of the molecule is Cc1cn(CC#N)nc1NC(=O)Cc1ccn(-c2ccccc2)n1. The quantitative estimate of drug-likeness (QED) is 0.779. The van der Waals surface area contributed by atoms with E-state index in [1.165, 1.54) is 4.68 Å². The molecule has 7 nitrogen and oxygen atoms in total. The number of aryl methyl sites for hydroxylation is 1. The summed E-state index contributed by atoms with van der Waals surface area (Å²) in [5, 5.41) is 20.0. The van der Waals surface area contributed by atoms with Crippen molar-refractivity contribution in [2.75, 3.05) is 5.32 Å². The second kappa shape index (κ2) is 6.79. The second-order valence-corrected chi connectivity index (χ2v) is 5.33. The van der Waals surface area contributed by atoms with Crippen molar-refractivity contribution in [1.29, 1.82) is 5.26 Å². The van der Waals surface area contributed by atoms with Gasteiger partial charge in [-0.1, -0.05) is 18.2 Å². The summed E-state index contributed by atoms with van der Waals surface area (Å²) in [6.45, 7) is 1.98. The van der Waals surface area contributed by atoms with Crippen LogP contribution in [0.3, 0.4) is 0 Å². The van der Waals surface area contributed by atoms with E-state index >= 15 is 0 Å². The molecule has 0 saturated heterocycles. The minimum Gasteiger partial charge on any atom is -0.309 e. The number of amides is 1. The topological polar surface area (TPSA) is 88.5 Å². The molecule has 0 atom stereocenters. The van der Waals surface area contributed by atoms with Crippen LogP contribution in [0.2, 0.25) is 0 Å². The highest BCUT2D eigenvalue weighted by Gasteiger charge is 2.11. The number of carbonyl (C=O) groups is 1. The highest BCUT2D eigenvalue weighted by atomic mass is 16.1. The van der Waals surface area contributed by atoms with Crippen molar-refractivity contribution in [3.05, 3.63) is 60.0 Å². The van der Waals surface area contributed by atoms with Gasteiger partial charge in [0.25, 0.3) is 0 Å². The van der Waals surface area contributed by atoms with Gasteiger partial charge in [-0.15, -0.1) is 0 Å². The minimum absolute atomic E-state index is 0.151. The summed E-state index contributed by atoms with van der Waals surface area (Å²) in [6, 6.07) is 13.5. The van der Waals surface area contributed by atoms with Crippen LogP contribution in [0.5, 0.6) is 0 Å². The lowest BCUT2D eigenvalue weighted by atomic mass is 10.3. The summed E-state index contributed by atoms with van der Waals surface area (Å²) in [5.74, 6) is 0.274. The van der Waals surface area contributed by atoms with Crippen molar-refractivity contribution >= 4 is 11.7 Å². The maximum atomic E-state index is 12.2. The van der Waals surface area contributed by atoms with Crippen molar-refractivity contribution in [3.8, 4) is 11.8 Å². The first-order chi connectivity index (χ1) is 11.7. The van der Waals surface area contributed by atoms with Crippen molar-refractivity contribution in [3.63, 3.8) is 0 Å². The van der Waals surface area contributed by atoms with Gasteiger partial charge in [0.05, 0.1) is 23.9 Å². The van der Waals surface area contributed by atoms with Crippen LogP contribution in [0, 0.1) is 18.3 Å². The number of hydrogen-bond donors (Lipinski definition) is 1. The molecule has 1 N–H and O–H groups in total. The predicted molar refractivity (Wildman–Crippen MR) is 88.5 cm³/mol. The van der Waals surface area contributed by atoms with Gasteiger partial charge in [0.15, 0.2) is 5.82 Å². The number of aromatic nitrogens is 4. The van der Waals surface area contributed by atoms with Crippen molar-refractivity contribution in [2.45, 2.75) is 19.9 Å². The third kappa shape index (κ3) is 3.50. The highest BCUT2D eigenvalue weighted by Crippen LogP contribution is 2.12. The van der Waals surface area contributed by atoms with Crippen LogP contribution in [0.15, 0.2) is 48.8 Å². The molecule has 0 fully saturated rings. The number of para-hydroxylation sites is 1. The molecular formula is C17H16N6O. The molecule has 0 radical (unpaired) electrons. The fourth-order valence-corrected chi connectivity index (χ4v) is 2.32. The van der Waals surface area contributed by atoms with Crippen molar-refractivity contribution in [1.82, 2.24) is 19.6 Å². The molecule has 0 spiro atoms. The van der Waals surface area contributed by atoms with Crippen LogP contribution < -0.4 is 5.32 Å². The molecule has 2 heterocycles. The first-order valence-corrected chi connectivity index (χ1v) is 7.46. The normalized spacial score (nSPS) is 10.3. The third-order valence-electron chi connectivity index (χ3n) is 3.44. The summed E-state index contributed by atoms with van der Waals surface area (Å²) >= 11 is 0. The van der Waals surface area contributed by atoms with Crippen LogP contribution in [0.1, 0.15) is 11.3 Å². The van der Waals surface area contributed by atoms with Crippen LogP contribution >= 0.6 is 0 Å². The maximum Gasteiger partial charge on any atom is 0.231 e. The molecule has 0 aliphatic carbocycles. The molecule has 0 aliphatic rings. The van der Waals surface area contributed by atoms with E-state index in [1.54, 1.807) is 10.9 Å². The lowest BCUT2D eigenvalue weighted by Crippen LogP contribution is -2.16. The van der Waals surface area contributed by atoms with Crippen LogP contribution in [0.4, 0.5) is 5.82 Å². The third-order valence-corrected chi connectivity index (χ3v) is 3.44. The molecule has 0 unspecified atom stereocenters. The Balaban J connectivity index is 1.65. The van der Waals surface area contributed by atoms with Gasteiger partial charge in [0.2, 0.25) is 5.91 Å². The lowest BCUT2D eigenvalue weighted by Gasteiger charge is -2.02. The number of rotatable bonds is 5. The maximum absolute atomic E-state index is 12.2. The zero-order valence-electron chi connectivity index (χ0n) is 13.2. The van der Waals surface area contributed by atoms with Crippen LogP contribution in [-0.2, 0) is 17.8 Å². The smallest absolute Gasteiger partial charge is 0.231 e. The number of nitrogens with one attached hydrogen (secondary N) is 1. The Morgan fingerprint density at radius 2 is 2.04 bits per heavy atom. The van der Waals surface area contributed by atoms with Gasteiger partial charge < -0.3 is 5.32 Å². The Morgan fingerprint density at radius 3 is 2.79 bits per heavy atom. The van der Waals surface area contributed by atoms with Gasteiger partial charge in [-0.3, -0.25) is 9.48 Å². The number of benzene rings is 1. The Kier molecular flexibility index (Phi) is 4.38. The summed E-state index contributed by atoms with van der Waals surface area (Å²) in [6.07, 6.45) is 3.71. The Morgan fingerprint density at radius 1 is 1.25 bits per heavy atom. The van der Waals surface area contributed by atoms with Crippen molar-refractivity contribution in [2.24, 2.45) is 0 Å². The molecule has 0 aliphatic heterocycles. The van der Waals surface area contributed by atoms with Crippen LogP contribution in [-0.4, -0.2) is 25.5 Å². The molecular weight excluding hydrogens is 304 g/mol. The number of nitrogens with zero attached hydrogens (tertiary/aromatic N) is 5. The molecule has 1 amide bonds. The Bertz CT molecular complexity index is 887. The van der Waals surface area contributed by atoms with Gasteiger partial charge in [-0.05, 0) is 25.1 Å². The van der Waals surface area contributed by atoms with Gasteiger partial charge in [-0.25, -0.2) is 4.68 Å². The van der Waals surface area contributed by atoms with Crippen molar-refractivity contribution < 1.29 is 4.79 Å². The molecule has 1 aromatic carbocycles. The van der Waals surface area contributed by atoms with Gasteiger partial charge in [0, 0.05) is 18.0 Å². The summed E-state index contributed by atoms with van der Waals surface area (Å²) in [5.41, 5.74) is 2.43. The molecule has 3 rings (SSSR count). The average Bonchev–Trinajstić information content (AvgIpc) is 3.16. The monoisotopic (exact) mass is 320 g/mol. The first-order valence-electron chi connectivity index (χ1n) is 7.46. The van der Waals surface area contributed by atoms with Gasteiger partial charge in [0.1, 0.15) is 6.54 Å². The first kappa shape index (κ1) is 15.5. The zero-order chi connectivity index (χ0) is 16.9. The molecule has 0 bridgehead atoms. The predicted octanol–water partition coefficient (Wildman–Crippen LogP) is 2.08. The largest absolute Gasteiger partial charge is 0.309 e. The average molecular weight is 320 g/mol. The molecule has 24 heavy (non-hydrogen) atoms. The summed E-state index contributed by atoms with van der Waals surface area (Å²) < 4.78 is 3.23. The number of nitriles is 1. The van der Waals surface area contributed by atoms with Crippen LogP contribution in [0.25, 0.3) is 5.69 Å². The van der Waals surface area contributed by atoms with E-state index in [-0.39, 0.29) is 18.9 Å². The van der Waals surface area contributed by atoms with Gasteiger partial charge in [-0.2, -0.15) is 15.5 Å². The molecule has 0 saturated carbocycles. The summed E-state index contributed by atoms with van der Waals surface area (Å²) in [4.78, 5) is 12.2. The van der Waals surface area contributed by atoms with E-state index in [1.807, 2.05) is 55.6 Å². The molecule has 3 aromatic rings. The second-order valence-electron chi connectivity index (χ2n) is 5.33. The Labute approximate surface area is 139 Å². The lowest BCUT2D eigenvalue weighted by molar-refractivity contribution is -0.115. The molecule has 2 aromatic heterocycles. The number of hydrogen-bond acceptors (Lipinski definition) is 4. The fourth-order valence-electron chi connectivity index (χ4n) is 2.32. The van der Waals surface area contributed by atoms with E-state index in [0.29, 0.717) is 11.5 Å². The highest BCUT2D eigenvalue weighted by molar-refractivity contribution is 5.91. The summed E-state index contributed by atoms with van der Waals surface area (Å²) in [7, 11) is 0. The molecule has 7 heteroatoms. The van der Waals surface area contributed by atoms with E-state index in [0.717, 1.165) is 11.3 Å². The van der Waals surface area contributed by atoms with E-state index < -0.39 is 0 Å². The number of carbonyl (C=O) groups excluding carboxylic acids is 1. The Hall–Kier alpha value is -3.40. The minimum atomic E-state index is -0.196. The van der Waals surface area contributed by atoms with Gasteiger partial charge >= 0.3 is 0 Å². The fraction of sp³-hybridized carbons (Fsp3) is 0.176. The zero-order valence-corrected chi connectivity index (χ0v) is 13.2. The standard InChI is InChI=1S/C17H16N6O/c1-13-12-22(10-8-18)21-17(13)19-16(24)11-14-7-9-23(20-14)15-5-3-2-4-6-15/h2-7,9,12H,10-11H2,1H3,(H,19,21,24). The van der Waals surface area contributed by atoms with E-state index in [2.05, 4.69) is 15.5 Å². The molecule has 120 valence electrons. The van der Waals surface area contributed by atoms with E-state index in [9.17, 15) is 4.79 Å². The van der Waals surface area contributed by atoms with E-state index in [4.69, 9.17) is 5.26 Å².